The van der Waals surface area contributed by atoms with E-state index in [0.29, 0.717) is 11.5 Å². The summed E-state index contributed by atoms with van der Waals surface area (Å²) in [7, 11) is 2.01. The quantitative estimate of drug-likeness (QED) is 0.746. The molecule has 3 N–H and O–H groups in total. The molecule has 2 nitrogen and oxygen atoms in total. The Bertz CT molecular complexity index is 295. The normalized spacial score (nSPS) is 13.9. The molecule has 0 aliphatic rings. The van der Waals surface area contributed by atoms with Crippen LogP contribution in [0.25, 0.3) is 0 Å². The number of hydrogen-bond donors (Lipinski definition) is 2. The van der Waals surface area contributed by atoms with Gasteiger partial charge >= 0.3 is 0 Å². The van der Waals surface area contributed by atoms with Gasteiger partial charge in [0.2, 0.25) is 0 Å². The smallest absolute Gasteiger partial charge is 0.0322 e. The lowest BCUT2D eigenvalue weighted by Gasteiger charge is -2.26. The Balaban J connectivity index is 2.79. The van der Waals surface area contributed by atoms with Gasteiger partial charge in [-0.05, 0) is 36.6 Å². The number of anilines is 1. The first kappa shape index (κ1) is 12.1. The van der Waals surface area contributed by atoms with E-state index in [2.05, 4.69) is 38.2 Å². The monoisotopic (exact) mass is 206 g/mol. The van der Waals surface area contributed by atoms with Crippen LogP contribution >= 0.6 is 0 Å². The van der Waals surface area contributed by atoms with E-state index >= 15 is 0 Å². The van der Waals surface area contributed by atoms with Crippen molar-refractivity contribution >= 4 is 5.69 Å². The number of nitrogen functional groups attached to an aromatic ring is 1. The molecule has 0 saturated carbocycles. The molecule has 0 aliphatic heterocycles. The van der Waals surface area contributed by atoms with Gasteiger partial charge in [0.1, 0.15) is 0 Å². The summed E-state index contributed by atoms with van der Waals surface area (Å²) in [5, 5.41) is 3.35. The summed E-state index contributed by atoms with van der Waals surface area (Å²) in [6.45, 7) is 6.78. The highest BCUT2D eigenvalue weighted by Gasteiger charge is 2.18. The molecule has 1 aromatic carbocycles. The molecule has 0 spiro atoms. The molecule has 1 atom stereocenters. The first-order valence-corrected chi connectivity index (χ1v) is 5.45. The SMILES string of the molecule is CNC(CC(C)(C)C)c1ccc(N)cc1. The Morgan fingerprint density at radius 1 is 1.20 bits per heavy atom. The zero-order valence-corrected chi connectivity index (χ0v) is 10.2. The van der Waals surface area contributed by atoms with Crippen LogP contribution in [-0.4, -0.2) is 7.05 Å². The Morgan fingerprint density at radius 2 is 1.73 bits per heavy atom. The fourth-order valence-electron chi connectivity index (χ4n) is 1.73. The van der Waals surface area contributed by atoms with E-state index in [1.807, 2.05) is 19.2 Å². The highest BCUT2D eigenvalue weighted by Crippen LogP contribution is 2.29. The standard InChI is InChI=1S/C13H22N2/c1-13(2,3)9-12(15-4)10-5-7-11(14)8-6-10/h5-8,12,15H,9,14H2,1-4H3. The molecular weight excluding hydrogens is 184 g/mol. The number of nitrogens with two attached hydrogens (primary N) is 1. The lowest BCUT2D eigenvalue weighted by Crippen LogP contribution is -2.22. The van der Waals surface area contributed by atoms with Crippen molar-refractivity contribution in [2.45, 2.75) is 33.2 Å². The molecule has 15 heavy (non-hydrogen) atoms. The second kappa shape index (κ2) is 4.67. The summed E-state index contributed by atoms with van der Waals surface area (Å²) in [5.41, 5.74) is 8.13. The van der Waals surface area contributed by atoms with E-state index in [9.17, 15) is 0 Å². The number of benzene rings is 1. The number of hydrogen-bond acceptors (Lipinski definition) is 2. The lowest BCUT2D eigenvalue weighted by atomic mass is 9.85. The highest BCUT2D eigenvalue weighted by atomic mass is 14.9. The summed E-state index contributed by atoms with van der Waals surface area (Å²) < 4.78 is 0. The van der Waals surface area contributed by atoms with Crippen molar-refractivity contribution in [2.75, 3.05) is 12.8 Å². The van der Waals surface area contributed by atoms with Crippen LogP contribution < -0.4 is 11.1 Å². The average Bonchev–Trinajstić information content (AvgIpc) is 2.14. The molecule has 0 aromatic heterocycles. The van der Waals surface area contributed by atoms with E-state index in [4.69, 9.17) is 5.73 Å². The van der Waals surface area contributed by atoms with Crippen molar-refractivity contribution in [1.82, 2.24) is 5.32 Å². The first-order chi connectivity index (χ1) is 6.92. The third-order valence-electron chi connectivity index (χ3n) is 2.50. The zero-order valence-electron chi connectivity index (χ0n) is 10.2. The van der Waals surface area contributed by atoms with Crippen molar-refractivity contribution in [3.63, 3.8) is 0 Å². The van der Waals surface area contributed by atoms with Crippen LogP contribution in [0.3, 0.4) is 0 Å². The van der Waals surface area contributed by atoms with Gasteiger partial charge in [0.25, 0.3) is 0 Å². The van der Waals surface area contributed by atoms with Gasteiger partial charge in [-0.3, -0.25) is 0 Å². The minimum absolute atomic E-state index is 0.328. The van der Waals surface area contributed by atoms with Crippen molar-refractivity contribution in [2.24, 2.45) is 5.41 Å². The van der Waals surface area contributed by atoms with Gasteiger partial charge in [-0.1, -0.05) is 32.9 Å². The van der Waals surface area contributed by atoms with Gasteiger partial charge in [0, 0.05) is 11.7 Å². The fourth-order valence-corrected chi connectivity index (χ4v) is 1.73. The largest absolute Gasteiger partial charge is 0.399 e. The molecule has 2 heteroatoms. The van der Waals surface area contributed by atoms with E-state index in [1.165, 1.54) is 5.56 Å². The van der Waals surface area contributed by atoms with Crippen LogP contribution in [0.15, 0.2) is 24.3 Å². The van der Waals surface area contributed by atoms with Crippen molar-refractivity contribution in [3.05, 3.63) is 29.8 Å². The second-order valence-corrected chi connectivity index (χ2v) is 5.27. The first-order valence-electron chi connectivity index (χ1n) is 5.45. The predicted octanol–water partition coefficient (Wildman–Crippen LogP) is 2.97. The van der Waals surface area contributed by atoms with Gasteiger partial charge in [-0.2, -0.15) is 0 Å². The molecule has 0 bridgehead atoms. The van der Waals surface area contributed by atoms with Crippen LogP contribution in [0.5, 0.6) is 0 Å². The molecule has 0 fully saturated rings. The van der Waals surface area contributed by atoms with E-state index < -0.39 is 0 Å². The Kier molecular flexibility index (Phi) is 3.75. The maximum absolute atomic E-state index is 5.68. The van der Waals surface area contributed by atoms with Crippen LogP contribution in [0.2, 0.25) is 0 Å². The second-order valence-electron chi connectivity index (χ2n) is 5.27. The topological polar surface area (TPSA) is 38.0 Å². The van der Waals surface area contributed by atoms with Crippen LogP contribution in [0.4, 0.5) is 5.69 Å². The maximum Gasteiger partial charge on any atom is 0.0322 e. The number of nitrogens with one attached hydrogen (secondary N) is 1. The van der Waals surface area contributed by atoms with Crippen LogP contribution in [0, 0.1) is 5.41 Å². The predicted molar refractivity (Wildman–Crippen MR) is 66.7 cm³/mol. The molecule has 1 aromatic rings. The van der Waals surface area contributed by atoms with Gasteiger partial charge in [0.15, 0.2) is 0 Å². The number of rotatable bonds is 3. The van der Waals surface area contributed by atoms with Crippen molar-refractivity contribution < 1.29 is 0 Å². The Morgan fingerprint density at radius 3 is 2.13 bits per heavy atom. The fraction of sp³-hybridized carbons (Fsp3) is 0.538. The average molecular weight is 206 g/mol. The van der Waals surface area contributed by atoms with E-state index in [1.54, 1.807) is 0 Å². The van der Waals surface area contributed by atoms with E-state index in [0.717, 1.165) is 12.1 Å². The molecule has 0 radical (unpaired) electrons. The summed E-state index contributed by atoms with van der Waals surface area (Å²) in [6, 6.07) is 8.53. The summed E-state index contributed by atoms with van der Waals surface area (Å²) >= 11 is 0. The van der Waals surface area contributed by atoms with E-state index in [-0.39, 0.29) is 0 Å². The molecule has 1 unspecified atom stereocenters. The summed E-state index contributed by atoms with van der Waals surface area (Å²) in [6.07, 6.45) is 1.12. The molecular formula is C13H22N2. The van der Waals surface area contributed by atoms with Crippen molar-refractivity contribution in [3.8, 4) is 0 Å². The van der Waals surface area contributed by atoms with Gasteiger partial charge in [0.05, 0.1) is 0 Å². The van der Waals surface area contributed by atoms with Gasteiger partial charge in [-0.25, -0.2) is 0 Å². The minimum Gasteiger partial charge on any atom is -0.399 e. The zero-order chi connectivity index (χ0) is 11.5. The van der Waals surface area contributed by atoms with Gasteiger partial charge in [-0.15, -0.1) is 0 Å². The highest BCUT2D eigenvalue weighted by molar-refractivity contribution is 5.40. The van der Waals surface area contributed by atoms with Crippen molar-refractivity contribution in [1.29, 1.82) is 0 Å². The molecule has 0 amide bonds. The minimum atomic E-state index is 0.328. The molecule has 84 valence electrons. The third-order valence-corrected chi connectivity index (χ3v) is 2.50. The Labute approximate surface area is 92.9 Å². The maximum atomic E-state index is 5.68. The van der Waals surface area contributed by atoms with Gasteiger partial charge < -0.3 is 11.1 Å². The lowest BCUT2D eigenvalue weighted by molar-refractivity contribution is 0.321. The third kappa shape index (κ3) is 3.92. The molecule has 0 aliphatic carbocycles. The summed E-state index contributed by atoms with van der Waals surface area (Å²) in [5.74, 6) is 0. The summed E-state index contributed by atoms with van der Waals surface area (Å²) in [4.78, 5) is 0. The van der Waals surface area contributed by atoms with Crippen LogP contribution in [-0.2, 0) is 0 Å². The molecule has 1 rings (SSSR count). The Hall–Kier alpha value is -1.02. The molecule has 0 saturated heterocycles. The van der Waals surface area contributed by atoms with Crippen LogP contribution in [0.1, 0.15) is 38.8 Å². The molecule has 0 heterocycles.